The fourth-order valence-electron chi connectivity index (χ4n) is 15.4. The van der Waals surface area contributed by atoms with Crippen molar-refractivity contribution in [3.05, 3.63) is 334 Å². The van der Waals surface area contributed by atoms with Gasteiger partial charge in [-0.3, -0.25) is 0 Å². The molecule has 19 rings (SSSR count). The Hall–Kier alpha value is -12.2. The quantitative estimate of drug-likeness (QED) is 0.126. The van der Waals surface area contributed by atoms with Crippen molar-refractivity contribution < 1.29 is 9.15 Å². The fraction of sp³-hybridized carbons (Fsp3) is 0. The molecule has 0 saturated carbocycles. The van der Waals surface area contributed by atoms with Gasteiger partial charge in [0.15, 0.2) is 0 Å². The SMILES string of the molecule is c1ccc(N(c2ccccc2)c2cc3c4c(c2)N(c2ccccc2-c2cccc5c2oc2ccccc25)c2cc5c(cc2B4c2ccccc2O3)B2c3ccccc3N(c3ccccc3)c3cc(N(c4ccccc4)c4ccccc4)cc(c32)N5c2ccccc2)cc1. The third kappa shape index (κ3) is 8.26. The third-order valence-corrected chi connectivity index (χ3v) is 19.2. The molecule has 434 valence electrons. The molecule has 0 spiro atoms. The van der Waals surface area contributed by atoms with E-state index in [4.69, 9.17) is 9.15 Å². The number of rotatable bonds is 10. The van der Waals surface area contributed by atoms with E-state index in [0.717, 1.165) is 141 Å². The molecular formula is C84H55B2N5O2. The van der Waals surface area contributed by atoms with Crippen molar-refractivity contribution in [1.29, 1.82) is 0 Å². The first-order chi connectivity index (χ1) is 46.2. The molecule has 0 radical (unpaired) electrons. The van der Waals surface area contributed by atoms with Gasteiger partial charge in [-0.1, -0.05) is 206 Å². The lowest BCUT2D eigenvalue weighted by Gasteiger charge is -2.47. The Morgan fingerprint density at radius 3 is 1.31 bits per heavy atom. The molecule has 0 saturated heterocycles. The van der Waals surface area contributed by atoms with Crippen LogP contribution in [-0.2, 0) is 0 Å². The van der Waals surface area contributed by atoms with Gasteiger partial charge >= 0.3 is 0 Å². The molecule has 0 unspecified atom stereocenters. The van der Waals surface area contributed by atoms with Crippen LogP contribution in [0.2, 0.25) is 0 Å². The normalized spacial score (nSPS) is 12.9. The molecule has 0 atom stereocenters. The maximum Gasteiger partial charge on any atom is 0.256 e. The van der Waals surface area contributed by atoms with Crippen LogP contribution in [0.25, 0.3) is 33.1 Å². The van der Waals surface area contributed by atoms with E-state index in [9.17, 15) is 0 Å². The Labute approximate surface area is 540 Å². The lowest BCUT2D eigenvalue weighted by Crippen LogP contribution is -2.64. The van der Waals surface area contributed by atoms with Gasteiger partial charge in [0.25, 0.3) is 13.4 Å². The molecule has 0 fully saturated rings. The Bertz CT molecular complexity index is 5340. The van der Waals surface area contributed by atoms with E-state index in [2.05, 4.69) is 358 Å². The van der Waals surface area contributed by atoms with Gasteiger partial charge < -0.3 is 33.7 Å². The molecule has 0 bridgehead atoms. The number of benzene rings is 14. The van der Waals surface area contributed by atoms with Crippen LogP contribution in [0.3, 0.4) is 0 Å². The molecular weight excluding hydrogens is 1130 g/mol. The summed E-state index contributed by atoms with van der Waals surface area (Å²) < 4.78 is 14.4. The summed E-state index contributed by atoms with van der Waals surface area (Å²) in [5.74, 6) is 1.65. The Balaban J connectivity index is 0.942. The van der Waals surface area contributed by atoms with Crippen LogP contribution in [0.4, 0.5) is 85.3 Å². The number of fused-ring (bicyclic) bond motifs is 11. The number of hydrogen-bond acceptors (Lipinski definition) is 7. The molecule has 0 amide bonds. The lowest BCUT2D eigenvalue weighted by atomic mass is 9.30. The Morgan fingerprint density at radius 1 is 0.258 bits per heavy atom. The second-order valence-corrected chi connectivity index (χ2v) is 24.3. The van der Waals surface area contributed by atoms with Gasteiger partial charge in [-0.15, -0.1) is 0 Å². The number of para-hydroxylation sites is 11. The maximum absolute atomic E-state index is 7.40. The topological polar surface area (TPSA) is 38.6 Å². The van der Waals surface area contributed by atoms with E-state index in [1.54, 1.807) is 0 Å². The van der Waals surface area contributed by atoms with Gasteiger partial charge in [0.05, 0.1) is 17.1 Å². The molecule has 15 aromatic rings. The molecule has 93 heavy (non-hydrogen) atoms. The summed E-state index contributed by atoms with van der Waals surface area (Å²) in [5, 5.41) is 2.16. The summed E-state index contributed by atoms with van der Waals surface area (Å²) >= 11 is 0. The van der Waals surface area contributed by atoms with Crippen LogP contribution in [0.15, 0.2) is 338 Å². The average molecular weight is 1190 g/mol. The summed E-state index contributed by atoms with van der Waals surface area (Å²) in [6.45, 7) is -0.436. The van der Waals surface area contributed by atoms with Gasteiger partial charge in [0.1, 0.15) is 22.7 Å². The van der Waals surface area contributed by atoms with Crippen LogP contribution in [0.5, 0.6) is 11.5 Å². The summed E-state index contributed by atoms with van der Waals surface area (Å²) in [5.41, 5.74) is 26.7. The van der Waals surface area contributed by atoms with Crippen LogP contribution in [0, 0.1) is 0 Å². The Morgan fingerprint density at radius 2 is 0.699 bits per heavy atom. The van der Waals surface area contributed by atoms with Crippen molar-refractivity contribution in [2.24, 2.45) is 0 Å². The minimum atomic E-state index is -0.239. The zero-order valence-electron chi connectivity index (χ0n) is 50.5. The van der Waals surface area contributed by atoms with E-state index in [-0.39, 0.29) is 13.4 Å². The summed E-state index contributed by atoms with van der Waals surface area (Å²) in [7, 11) is 0. The van der Waals surface area contributed by atoms with E-state index in [0.29, 0.717) is 0 Å². The van der Waals surface area contributed by atoms with Crippen molar-refractivity contribution in [1.82, 2.24) is 0 Å². The van der Waals surface area contributed by atoms with Gasteiger partial charge in [-0.05, 0) is 154 Å². The highest BCUT2D eigenvalue weighted by molar-refractivity contribution is 7.02. The molecule has 7 nitrogen and oxygen atoms in total. The van der Waals surface area contributed by atoms with Crippen molar-refractivity contribution in [3.8, 4) is 22.6 Å². The van der Waals surface area contributed by atoms with Crippen LogP contribution in [0.1, 0.15) is 0 Å². The fourth-order valence-corrected chi connectivity index (χ4v) is 15.4. The van der Waals surface area contributed by atoms with Crippen molar-refractivity contribution in [2.75, 3.05) is 24.5 Å². The van der Waals surface area contributed by atoms with Crippen molar-refractivity contribution in [2.45, 2.75) is 0 Å². The van der Waals surface area contributed by atoms with E-state index >= 15 is 0 Å². The first-order valence-corrected chi connectivity index (χ1v) is 31.9. The summed E-state index contributed by atoms with van der Waals surface area (Å²) in [6, 6.07) is 121. The maximum atomic E-state index is 7.40. The number of nitrogens with zero attached hydrogens (tertiary/aromatic N) is 5. The average Bonchev–Trinajstić information content (AvgIpc) is 1.09. The van der Waals surface area contributed by atoms with Gasteiger partial charge in [-0.2, -0.15) is 0 Å². The highest BCUT2D eigenvalue weighted by Gasteiger charge is 2.49. The Kier molecular flexibility index (Phi) is 12.0. The smallest absolute Gasteiger partial charge is 0.256 e. The van der Waals surface area contributed by atoms with Gasteiger partial charge in [0.2, 0.25) is 0 Å². The first-order valence-electron chi connectivity index (χ1n) is 31.9. The zero-order chi connectivity index (χ0) is 61.1. The van der Waals surface area contributed by atoms with E-state index in [1.807, 2.05) is 0 Å². The molecule has 4 aliphatic rings. The van der Waals surface area contributed by atoms with Crippen LogP contribution >= 0.6 is 0 Å². The van der Waals surface area contributed by atoms with E-state index < -0.39 is 0 Å². The van der Waals surface area contributed by atoms with Crippen LogP contribution < -0.4 is 62.0 Å². The summed E-state index contributed by atoms with van der Waals surface area (Å²) in [4.78, 5) is 12.4. The number of ether oxygens (including phenoxy) is 1. The van der Waals surface area contributed by atoms with Crippen molar-refractivity contribution >= 4 is 153 Å². The molecule has 0 N–H and O–H groups in total. The van der Waals surface area contributed by atoms with Gasteiger partial charge in [0, 0.05) is 96.2 Å². The van der Waals surface area contributed by atoms with Crippen LogP contribution in [-0.4, -0.2) is 13.4 Å². The molecule has 5 heterocycles. The monoisotopic (exact) mass is 1190 g/mol. The predicted molar refractivity (Wildman–Crippen MR) is 388 cm³/mol. The second-order valence-electron chi connectivity index (χ2n) is 24.3. The lowest BCUT2D eigenvalue weighted by molar-refractivity contribution is 0.487. The molecule has 9 heteroatoms. The molecule has 1 aromatic heterocycles. The standard InChI is InChI=1S/C84H55B2N5O2/c1-7-28-56(29-8-1)87(57-30-9-2-10-31-57)62-50-76-82-77(51-62)90(61-38-17-6-18-39-61)74-55-75-71(54-70(74)85(82)68-44-21-24-47-73(68)89(76)60-36-15-5-16-37-60)86-69-45-22-26-49-80(69)92-81-53-63(88(58-32-11-3-12-33-58)59-34-13-4-14-35-59)52-78(83(81)86)91(75)72-46-23-19-40-64(72)66-42-27-43-67-65-41-20-25-48-79(65)93-84(66)67/h1-55H. The minimum absolute atomic E-state index is 0.197. The highest BCUT2D eigenvalue weighted by Crippen LogP contribution is 2.53. The predicted octanol–water partition coefficient (Wildman–Crippen LogP) is 18.7. The largest absolute Gasteiger partial charge is 0.458 e. The van der Waals surface area contributed by atoms with E-state index in [1.165, 1.54) is 21.9 Å². The number of furan rings is 1. The summed E-state index contributed by atoms with van der Waals surface area (Å²) in [6.07, 6.45) is 0. The van der Waals surface area contributed by atoms with Gasteiger partial charge in [-0.25, -0.2) is 0 Å². The third-order valence-electron chi connectivity index (χ3n) is 19.2. The molecule has 4 aliphatic heterocycles. The second kappa shape index (κ2) is 21.2. The van der Waals surface area contributed by atoms with Crippen molar-refractivity contribution in [3.63, 3.8) is 0 Å². The zero-order valence-corrected chi connectivity index (χ0v) is 50.5. The minimum Gasteiger partial charge on any atom is -0.458 e. The molecule has 0 aliphatic carbocycles. The number of anilines is 15. The highest BCUT2D eigenvalue weighted by atomic mass is 16.5. The number of hydrogen-bond donors (Lipinski definition) is 0. The molecule has 14 aromatic carbocycles. The first kappa shape index (κ1) is 52.7.